The standard InChI is InChI=1S/C34H21Br/c35-26-19-25-17-10-18-27-31(25)30(20-26)33-29(23-13-6-2-7-14-23)21-28(22-11-4-1-5-12-22)32(34(27)33)24-15-8-3-9-16-24/h1-21H. The fourth-order valence-electron chi connectivity index (χ4n) is 5.62. The first-order valence-electron chi connectivity index (χ1n) is 11.9. The van der Waals surface area contributed by atoms with Crippen LogP contribution in [0.5, 0.6) is 0 Å². The lowest BCUT2D eigenvalue weighted by molar-refractivity contribution is 1.56. The Labute approximate surface area is 213 Å². The molecule has 164 valence electrons. The second kappa shape index (κ2) is 8.08. The molecule has 0 aromatic heterocycles. The van der Waals surface area contributed by atoms with Gasteiger partial charge in [-0.3, -0.25) is 0 Å². The molecule has 1 heteroatoms. The number of hydrogen-bond donors (Lipinski definition) is 0. The molecule has 7 rings (SSSR count). The number of rotatable bonds is 3. The van der Waals surface area contributed by atoms with E-state index in [0.29, 0.717) is 0 Å². The number of halogens is 1. The minimum atomic E-state index is 1.11. The van der Waals surface area contributed by atoms with Crippen LogP contribution in [0.1, 0.15) is 0 Å². The third-order valence-corrected chi connectivity index (χ3v) is 7.50. The predicted octanol–water partition coefficient (Wildman–Crippen LogP) is 10.3. The summed E-state index contributed by atoms with van der Waals surface area (Å²) in [6, 6.07) is 46.1. The minimum Gasteiger partial charge on any atom is -0.0622 e. The highest BCUT2D eigenvalue weighted by Crippen LogP contribution is 2.57. The molecule has 0 aliphatic heterocycles. The van der Waals surface area contributed by atoms with E-state index in [1.54, 1.807) is 0 Å². The van der Waals surface area contributed by atoms with Crippen LogP contribution in [0.3, 0.4) is 0 Å². The van der Waals surface area contributed by atoms with Crippen LogP contribution in [0, 0.1) is 0 Å². The maximum atomic E-state index is 3.79. The van der Waals surface area contributed by atoms with Crippen molar-refractivity contribution in [2.45, 2.75) is 0 Å². The molecule has 0 unspecified atom stereocenters. The van der Waals surface area contributed by atoms with Gasteiger partial charge in [0, 0.05) is 4.47 Å². The molecule has 1 aliphatic carbocycles. The number of fused-ring (bicyclic) bond motifs is 3. The zero-order valence-electron chi connectivity index (χ0n) is 19.0. The van der Waals surface area contributed by atoms with Crippen molar-refractivity contribution in [3.05, 3.63) is 132 Å². The van der Waals surface area contributed by atoms with Gasteiger partial charge in [-0.1, -0.05) is 125 Å². The SMILES string of the molecule is Brc1cc2c3c(cccc3c1)-c1c(-c3ccccc3)c(-c3ccccc3)cc(-c3ccccc3)c1-2. The zero-order valence-corrected chi connectivity index (χ0v) is 20.6. The quantitative estimate of drug-likeness (QED) is 0.222. The van der Waals surface area contributed by atoms with E-state index >= 15 is 0 Å². The van der Waals surface area contributed by atoms with Gasteiger partial charge in [-0.2, -0.15) is 0 Å². The van der Waals surface area contributed by atoms with Crippen molar-refractivity contribution in [3.63, 3.8) is 0 Å². The maximum Gasteiger partial charge on any atom is 0.0187 e. The first-order chi connectivity index (χ1) is 17.3. The van der Waals surface area contributed by atoms with Gasteiger partial charge in [-0.25, -0.2) is 0 Å². The van der Waals surface area contributed by atoms with E-state index in [1.165, 1.54) is 66.4 Å². The lowest BCUT2D eigenvalue weighted by Crippen LogP contribution is -1.94. The summed E-state index contributed by atoms with van der Waals surface area (Å²) in [5.41, 5.74) is 12.8. The van der Waals surface area contributed by atoms with Crippen LogP contribution in [0.25, 0.3) is 66.4 Å². The Hall–Kier alpha value is -3.94. The van der Waals surface area contributed by atoms with E-state index < -0.39 is 0 Å². The lowest BCUT2D eigenvalue weighted by Gasteiger charge is -2.21. The van der Waals surface area contributed by atoms with Crippen molar-refractivity contribution in [3.8, 4) is 55.6 Å². The molecule has 0 bridgehead atoms. The largest absolute Gasteiger partial charge is 0.0622 e. The molecule has 35 heavy (non-hydrogen) atoms. The molecular formula is C34H21Br. The van der Waals surface area contributed by atoms with Crippen LogP contribution < -0.4 is 0 Å². The van der Waals surface area contributed by atoms with E-state index in [1.807, 2.05) is 0 Å². The molecule has 0 heterocycles. The molecule has 0 N–H and O–H groups in total. The predicted molar refractivity (Wildman–Crippen MR) is 152 cm³/mol. The number of benzene rings is 6. The number of hydrogen-bond acceptors (Lipinski definition) is 0. The van der Waals surface area contributed by atoms with Crippen LogP contribution in [0.15, 0.2) is 132 Å². The van der Waals surface area contributed by atoms with Gasteiger partial charge in [0.1, 0.15) is 0 Å². The Morgan fingerprint density at radius 3 is 1.57 bits per heavy atom. The first kappa shape index (κ1) is 20.4. The van der Waals surface area contributed by atoms with Crippen molar-refractivity contribution >= 4 is 26.7 Å². The Balaban J connectivity index is 1.72. The van der Waals surface area contributed by atoms with Crippen LogP contribution in [0.2, 0.25) is 0 Å². The Bertz CT molecular complexity index is 1720. The van der Waals surface area contributed by atoms with Gasteiger partial charge in [0.05, 0.1) is 0 Å². The molecule has 0 saturated heterocycles. The highest BCUT2D eigenvalue weighted by atomic mass is 79.9. The third kappa shape index (κ3) is 3.20. The molecule has 0 atom stereocenters. The smallest absolute Gasteiger partial charge is 0.0187 e. The van der Waals surface area contributed by atoms with E-state index in [-0.39, 0.29) is 0 Å². The summed E-state index contributed by atoms with van der Waals surface area (Å²) in [6.45, 7) is 0. The van der Waals surface area contributed by atoms with Crippen molar-refractivity contribution in [1.82, 2.24) is 0 Å². The van der Waals surface area contributed by atoms with Gasteiger partial charge >= 0.3 is 0 Å². The second-order valence-electron chi connectivity index (χ2n) is 9.05. The Kier molecular flexibility index (Phi) is 4.72. The third-order valence-electron chi connectivity index (χ3n) is 7.04. The van der Waals surface area contributed by atoms with E-state index in [9.17, 15) is 0 Å². The minimum absolute atomic E-state index is 1.11. The van der Waals surface area contributed by atoms with E-state index in [4.69, 9.17) is 0 Å². The van der Waals surface area contributed by atoms with E-state index in [0.717, 1.165) is 4.47 Å². The van der Waals surface area contributed by atoms with E-state index in [2.05, 4.69) is 143 Å². The van der Waals surface area contributed by atoms with Gasteiger partial charge in [-0.15, -0.1) is 0 Å². The molecular weight excluding hydrogens is 488 g/mol. The second-order valence-corrected chi connectivity index (χ2v) is 9.97. The van der Waals surface area contributed by atoms with Crippen molar-refractivity contribution in [2.24, 2.45) is 0 Å². The highest BCUT2D eigenvalue weighted by Gasteiger charge is 2.30. The summed E-state index contributed by atoms with van der Waals surface area (Å²) in [6.07, 6.45) is 0. The van der Waals surface area contributed by atoms with Gasteiger partial charge in [-0.05, 0) is 84.6 Å². The fraction of sp³-hybridized carbons (Fsp3) is 0. The van der Waals surface area contributed by atoms with Crippen LogP contribution in [0.4, 0.5) is 0 Å². The van der Waals surface area contributed by atoms with Crippen LogP contribution in [-0.2, 0) is 0 Å². The van der Waals surface area contributed by atoms with Crippen molar-refractivity contribution in [1.29, 1.82) is 0 Å². The lowest BCUT2D eigenvalue weighted by atomic mass is 9.82. The fourth-order valence-corrected chi connectivity index (χ4v) is 6.10. The van der Waals surface area contributed by atoms with Crippen LogP contribution in [-0.4, -0.2) is 0 Å². The normalized spacial score (nSPS) is 11.6. The summed E-state index contributed by atoms with van der Waals surface area (Å²) in [5, 5.41) is 2.60. The molecule has 0 radical (unpaired) electrons. The van der Waals surface area contributed by atoms with Gasteiger partial charge in [0.25, 0.3) is 0 Å². The first-order valence-corrected chi connectivity index (χ1v) is 12.7. The molecule has 0 saturated carbocycles. The molecule has 0 amide bonds. The molecule has 0 spiro atoms. The summed E-state index contributed by atoms with van der Waals surface area (Å²) < 4.78 is 1.11. The van der Waals surface area contributed by atoms with Gasteiger partial charge in [0.2, 0.25) is 0 Å². The summed E-state index contributed by atoms with van der Waals surface area (Å²) >= 11 is 3.79. The van der Waals surface area contributed by atoms with Crippen molar-refractivity contribution < 1.29 is 0 Å². The Morgan fingerprint density at radius 1 is 0.371 bits per heavy atom. The summed E-state index contributed by atoms with van der Waals surface area (Å²) in [7, 11) is 0. The van der Waals surface area contributed by atoms with Gasteiger partial charge in [0.15, 0.2) is 0 Å². The molecule has 0 fully saturated rings. The molecule has 6 aromatic carbocycles. The highest BCUT2D eigenvalue weighted by molar-refractivity contribution is 9.10. The average molecular weight is 509 g/mol. The molecule has 6 aromatic rings. The van der Waals surface area contributed by atoms with Gasteiger partial charge < -0.3 is 0 Å². The van der Waals surface area contributed by atoms with Crippen LogP contribution >= 0.6 is 15.9 Å². The summed E-state index contributed by atoms with van der Waals surface area (Å²) in [4.78, 5) is 0. The zero-order chi connectivity index (χ0) is 23.4. The molecule has 0 nitrogen and oxygen atoms in total. The van der Waals surface area contributed by atoms with Crippen molar-refractivity contribution in [2.75, 3.05) is 0 Å². The summed E-state index contributed by atoms with van der Waals surface area (Å²) in [5.74, 6) is 0. The Morgan fingerprint density at radius 2 is 0.943 bits per heavy atom. The molecule has 1 aliphatic rings. The maximum absolute atomic E-state index is 3.79. The monoisotopic (exact) mass is 508 g/mol. The average Bonchev–Trinajstić information content (AvgIpc) is 3.24. The topological polar surface area (TPSA) is 0 Å².